The molecule has 38 heavy (non-hydrogen) atoms. The third-order valence-electron chi connectivity index (χ3n) is 7.29. The van der Waals surface area contributed by atoms with Crippen LogP contribution in [0.15, 0.2) is 28.7 Å². The quantitative estimate of drug-likeness (QED) is 0.376. The van der Waals surface area contributed by atoms with E-state index >= 15 is 0 Å². The van der Waals surface area contributed by atoms with Gasteiger partial charge in [0.15, 0.2) is 0 Å². The third-order valence-corrected chi connectivity index (χ3v) is 10.7. The second-order valence-corrected chi connectivity index (χ2v) is 13.6. The standard InChI is InChI=1S/C23H30N6O7S2/c1-23(2,31)15-9-24-22(25-10-15)27-6-5-26(38(34,35)21-4-3-20(37-21)29(32)33)11-18(27)12-28-16-7-19(30)8-17(28)14-36-13-16/h3-4,9-10,16-18,31H,5-8,11-14H2,1-2H3/t16?,17?,18-/m1/s1. The molecule has 1 N–H and O–H groups in total. The van der Waals surface area contributed by atoms with Crippen molar-refractivity contribution in [2.45, 2.75) is 54.6 Å². The molecular formula is C23H30N6O7S2. The van der Waals surface area contributed by atoms with Crippen LogP contribution in [0.5, 0.6) is 0 Å². The largest absolute Gasteiger partial charge is 0.386 e. The lowest BCUT2D eigenvalue weighted by Gasteiger charge is -2.49. The minimum absolute atomic E-state index is 0.0731. The van der Waals surface area contributed by atoms with Gasteiger partial charge in [-0.3, -0.25) is 19.8 Å². The number of nitrogens with zero attached hydrogens (tertiary/aromatic N) is 6. The van der Waals surface area contributed by atoms with E-state index in [1.54, 1.807) is 26.2 Å². The van der Waals surface area contributed by atoms with Gasteiger partial charge in [0, 0.05) is 75.1 Å². The van der Waals surface area contributed by atoms with Crippen LogP contribution >= 0.6 is 11.3 Å². The molecule has 206 valence electrons. The summed E-state index contributed by atoms with van der Waals surface area (Å²) in [5.41, 5.74) is -0.550. The molecule has 2 aromatic rings. The average molecular weight is 567 g/mol. The number of fused-ring (bicyclic) bond motifs is 2. The van der Waals surface area contributed by atoms with Gasteiger partial charge in [0.05, 0.1) is 29.8 Å². The van der Waals surface area contributed by atoms with Gasteiger partial charge in [0.25, 0.3) is 10.0 Å². The lowest BCUT2D eigenvalue weighted by molar-refractivity contribution is -0.380. The summed E-state index contributed by atoms with van der Waals surface area (Å²) < 4.78 is 33.9. The van der Waals surface area contributed by atoms with Crippen molar-refractivity contribution in [1.29, 1.82) is 0 Å². The molecule has 0 spiro atoms. The smallest absolute Gasteiger partial charge is 0.325 e. The monoisotopic (exact) mass is 566 g/mol. The lowest BCUT2D eigenvalue weighted by atomic mass is 9.92. The lowest BCUT2D eigenvalue weighted by Crippen LogP contribution is -2.64. The fourth-order valence-electron chi connectivity index (χ4n) is 5.26. The zero-order chi connectivity index (χ0) is 27.2. The van der Waals surface area contributed by atoms with E-state index in [0.29, 0.717) is 62.0 Å². The van der Waals surface area contributed by atoms with E-state index in [9.17, 15) is 28.4 Å². The molecule has 5 heterocycles. The number of hydrogen-bond acceptors (Lipinski definition) is 12. The number of anilines is 1. The highest BCUT2D eigenvalue weighted by molar-refractivity contribution is 7.91. The number of rotatable bonds is 7. The number of aromatic nitrogens is 2. The number of piperazine rings is 1. The Morgan fingerprint density at radius 2 is 1.84 bits per heavy atom. The Balaban J connectivity index is 1.43. The minimum Gasteiger partial charge on any atom is -0.386 e. The second kappa shape index (κ2) is 10.2. The van der Waals surface area contributed by atoms with Gasteiger partial charge >= 0.3 is 5.00 Å². The predicted molar refractivity (Wildman–Crippen MR) is 137 cm³/mol. The summed E-state index contributed by atoms with van der Waals surface area (Å²) in [6.45, 7) is 5.21. The Bertz CT molecular complexity index is 1290. The number of sulfonamides is 1. The molecule has 2 unspecified atom stereocenters. The van der Waals surface area contributed by atoms with Gasteiger partial charge in [0.2, 0.25) is 5.95 Å². The molecule has 15 heteroatoms. The van der Waals surface area contributed by atoms with E-state index in [1.165, 1.54) is 16.4 Å². The van der Waals surface area contributed by atoms with Gasteiger partial charge in [-0.05, 0) is 31.3 Å². The maximum absolute atomic E-state index is 13.5. The van der Waals surface area contributed by atoms with Crippen LogP contribution in [0.1, 0.15) is 32.3 Å². The molecule has 3 atom stereocenters. The fraction of sp³-hybridized carbons (Fsp3) is 0.609. The highest BCUT2D eigenvalue weighted by Crippen LogP contribution is 2.33. The summed E-state index contributed by atoms with van der Waals surface area (Å²) in [5, 5.41) is 21.2. The van der Waals surface area contributed by atoms with E-state index in [1.807, 2.05) is 4.90 Å². The highest BCUT2D eigenvalue weighted by Gasteiger charge is 2.43. The Kier molecular flexibility index (Phi) is 7.26. The summed E-state index contributed by atoms with van der Waals surface area (Å²) in [5.74, 6) is 0.621. The molecule has 2 bridgehead atoms. The number of carbonyl (C=O) groups excluding carboxylic acids is 1. The van der Waals surface area contributed by atoms with Crippen molar-refractivity contribution in [1.82, 2.24) is 19.2 Å². The van der Waals surface area contributed by atoms with Crippen molar-refractivity contribution < 1.29 is 28.0 Å². The first-order valence-corrected chi connectivity index (χ1v) is 14.6. The van der Waals surface area contributed by atoms with Gasteiger partial charge in [-0.2, -0.15) is 4.31 Å². The number of hydrogen-bond donors (Lipinski definition) is 1. The Labute approximate surface area is 224 Å². The van der Waals surface area contributed by atoms with Crippen LogP contribution in [-0.4, -0.2) is 101 Å². The molecule has 13 nitrogen and oxygen atoms in total. The van der Waals surface area contributed by atoms with Crippen LogP contribution in [0.25, 0.3) is 0 Å². The van der Waals surface area contributed by atoms with Crippen molar-refractivity contribution in [2.24, 2.45) is 0 Å². The normalized spacial score (nSPS) is 25.5. The van der Waals surface area contributed by atoms with Gasteiger partial charge in [-0.1, -0.05) is 0 Å². The van der Waals surface area contributed by atoms with Crippen LogP contribution in [0.3, 0.4) is 0 Å². The molecule has 0 aliphatic carbocycles. The third kappa shape index (κ3) is 5.31. The topological polar surface area (TPSA) is 159 Å². The summed E-state index contributed by atoms with van der Waals surface area (Å²) in [6.07, 6.45) is 3.91. The van der Waals surface area contributed by atoms with E-state index in [-0.39, 0.29) is 46.2 Å². The second-order valence-electron chi connectivity index (χ2n) is 10.4. The number of morpholine rings is 1. The highest BCUT2D eigenvalue weighted by atomic mass is 32.2. The molecule has 5 rings (SSSR count). The van der Waals surface area contributed by atoms with E-state index in [2.05, 4.69) is 14.9 Å². The maximum Gasteiger partial charge on any atom is 0.325 e. The summed E-state index contributed by atoms with van der Waals surface area (Å²) in [6, 6.07) is 1.97. The fourth-order valence-corrected chi connectivity index (χ4v) is 7.99. The van der Waals surface area contributed by atoms with Gasteiger partial charge in [-0.25, -0.2) is 18.4 Å². The molecular weight excluding hydrogens is 536 g/mol. The van der Waals surface area contributed by atoms with E-state index in [0.717, 1.165) is 0 Å². The van der Waals surface area contributed by atoms with Crippen molar-refractivity contribution in [3.8, 4) is 0 Å². The first-order chi connectivity index (χ1) is 17.9. The number of ketones is 1. The summed E-state index contributed by atoms with van der Waals surface area (Å²) in [4.78, 5) is 35.9. The zero-order valence-corrected chi connectivity index (χ0v) is 22.7. The SMILES string of the molecule is CC(C)(O)c1cnc(N2CCN(S(=O)(=O)c3ccc([N+](=O)[O-])s3)C[C@@H]2CN2C3COCC2CC(=O)C3)nc1. The first kappa shape index (κ1) is 27.0. The van der Waals surface area contributed by atoms with Crippen LogP contribution in [0.4, 0.5) is 10.9 Å². The average Bonchev–Trinajstić information content (AvgIpc) is 3.36. The summed E-state index contributed by atoms with van der Waals surface area (Å²) >= 11 is 0.638. The zero-order valence-electron chi connectivity index (χ0n) is 21.1. The minimum atomic E-state index is -3.96. The predicted octanol–water partition coefficient (Wildman–Crippen LogP) is 0.985. The number of nitro groups is 1. The molecule has 3 aliphatic heterocycles. The molecule has 3 fully saturated rings. The van der Waals surface area contributed by atoms with Crippen molar-refractivity contribution in [2.75, 3.05) is 44.3 Å². The van der Waals surface area contributed by atoms with E-state index < -0.39 is 20.5 Å². The van der Waals surface area contributed by atoms with Crippen LogP contribution in [0.2, 0.25) is 0 Å². The maximum atomic E-state index is 13.5. The molecule has 0 saturated carbocycles. The number of carbonyl (C=O) groups is 1. The van der Waals surface area contributed by atoms with E-state index in [4.69, 9.17) is 4.74 Å². The molecule has 2 aromatic heterocycles. The van der Waals surface area contributed by atoms with Crippen LogP contribution < -0.4 is 4.90 Å². The summed E-state index contributed by atoms with van der Waals surface area (Å²) in [7, 11) is -3.96. The first-order valence-electron chi connectivity index (χ1n) is 12.3. The van der Waals surface area contributed by atoms with Crippen LogP contribution in [0, 0.1) is 10.1 Å². The molecule has 3 saturated heterocycles. The van der Waals surface area contributed by atoms with Crippen LogP contribution in [-0.2, 0) is 25.2 Å². The van der Waals surface area contributed by atoms with Gasteiger partial charge in [0.1, 0.15) is 9.99 Å². The molecule has 0 radical (unpaired) electrons. The van der Waals surface area contributed by atoms with Crippen molar-refractivity contribution >= 4 is 38.1 Å². The number of Topliss-reactive ketones (excluding diaryl/α,β-unsaturated/α-hetero) is 1. The van der Waals surface area contributed by atoms with Gasteiger partial charge < -0.3 is 14.7 Å². The van der Waals surface area contributed by atoms with Gasteiger partial charge in [-0.15, -0.1) is 0 Å². The number of thiophene rings is 1. The Hall–Kier alpha value is -2.56. The molecule has 0 aromatic carbocycles. The number of piperidine rings is 1. The Morgan fingerprint density at radius 1 is 1.18 bits per heavy atom. The van der Waals surface area contributed by atoms with Crippen molar-refractivity contribution in [3.63, 3.8) is 0 Å². The van der Waals surface area contributed by atoms with Crippen molar-refractivity contribution in [3.05, 3.63) is 40.2 Å². The Morgan fingerprint density at radius 3 is 2.42 bits per heavy atom. The molecule has 0 amide bonds. The number of ether oxygens (including phenoxy) is 1. The number of aliphatic hydroxyl groups is 1. The molecule has 3 aliphatic rings.